The molecule has 2 saturated heterocycles. The van der Waals surface area contributed by atoms with Crippen LogP contribution in [0.2, 0.25) is 0 Å². The van der Waals surface area contributed by atoms with Gasteiger partial charge in [0, 0.05) is 18.1 Å². The van der Waals surface area contributed by atoms with Gasteiger partial charge in [-0.3, -0.25) is 0 Å². The highest BCUT2D eigenvalue weighted by atomic mass is 15.2. The van der Waals surface area contributed by atoms with E-state index in [0.717, 1.165) is 18.7 Å². The number of piperidine rings is 2. The summed E-state index contributed by atoms with van der Waals surface area (Å²) in [5.41, 5.74) is 6.46. The third kappa shape index (κ3) is 2.44. The summed E-state index contributed by atoms with van der Waals surface area (Å²) in [6.45, 7) is 0. The SMILES string of the molecule is CN1C2CCCC1CC(Nc1ccc(N)c(C#N)n1)C2. The second-order valence-electron chi connectivity index (χ2n) is 5.96. The molecule has 0 aromatic carbocycles. The van der Waals surface area contributed by atoms with Crippen LogP contribution in [0.25, 0.3) is 0 Å². The molecule has 5 nitrogen and oxygen atoms in total. The fraction of sp³-hybridized carbons (Fsp3) is 0.600. The Morgan fingerprint density at radius 2 is 2.05 bits per heavy atom. The average molecular weight is 271 g/mol. The summed E-state index contributed by atoms with van der Waals surface area (Å²) in [5, 5.41) is 12.5. The zero-order chi connectivity index (χ0) is 14.1. The molecule has 2 fully saturated rings. The Morgan fingerprint density at radius 1 is 1.35 bits per heavy atom. The van der Waals surface area contributed by atoms with Crippen LogP contribution in [-0.2, 0) is 0 Å². The summed E-state index contributed by atoms with van der Waals surface area (Å²) < 4.78 is 0. The first-order valence-electron chi connectivity index (χ1n) is 7.32. The first-order chi connectivity index (χ1) is 9.67. The van der Waals surface area contributed by atoms with Crippen LogP contribution >= 0.6 is 0 Å². The van der Waals surface area contributed by atoms with E-state index < -0.39 is 0 Å². The topological polar surface area (TPSA) is 78.0 Å². The Kier molecular flexibility index (Phi) is 3.49. The van der Waals surface area contributed by atoms with E-state index >= 15 is 0 Å². The Hall–Kier alpha value is -1.80. The first-order valence-corrected chi connectivity index (χ1v) is 7.32. The van der Waals surface area contributed by atoms with E-state index in [4.69, 9.17) is 11.0 Å². The molecule has 2 atom stereocenters. The number of pyridine rings is 1. The van der Waals surface area contributed by atoms with Crippen molar-refractivity contribution < 1.29 is 0 Å². The van der Waals surface area contributed by atoms with Crippen LogP contribution in [-0.4, -0.2) is 35.1 Å². The molecule has 2 aliphatic heterocycles. The second-order valence-corrected chi connectivity index (χ2v) is 5.96. The summed E-state index contributed by atoms with van der Waals surface area (Å²) >= 11 is 0. The number of hydrogen-bond donors (Lipinski definition) is 2. The van der Waals surface area contributed by atoms with E-state index in [2.05, 4.69) is 22.2 Å². The summed E-state index contributed by atoms with van der Waals surface area (Å²) in [7, 11) is 2.25. The molecule has 1 aromatic heterocycles. The number of nitrogens with one attached hydrogen (secondary N) is 1. The zero-order valence-electron chi connectivity index (χ0n) is 11.8. The summed E-state index contributed by atoms with van der Waals surface area (Å²) in [5.74, 6) is 0.767. The minimum absolute atomic E-state index is 0.308. The summed E-state index contributed by atoms with van der Waals surface area (Å²) in [4.78, 5) is 6.83. The molecule has 2 bridgehead atoms. The minimum atomic E-state index is 0.308. The maximum atomic E-state index is 8.99. The van der Waals surface area contributed by atoms with Gasteiger partial charge in [0.05, 0.1) is 5.69 Å². The molecule has 0 aliphatic carbocycles. The number of nitrogens with two attached hydrogens (primary N) is 1. The molecule has 3 N–H and O–H groups in total. The lowest BCUT2D eigenvalue weighted by molar-refractivity contribution is 0.0608. The maximum Gasteiger partial charge on any atom is 0.165 e. The highest BCUT2D eigenvalue weighted by molar-refractivity contribution is 5.54. The molecule has 5 heteroatoms. The Labute approximate surface area is 119 Å². The van der Waals surface area contributed by atoms with Crippen LogP contribution in [0, 0.1) is 11.3 Å². The van der Waals surface area contributed by atoms with Crippen LogP contribution < -0.4 is 11.1 Å². The van der Waals surface area contributed by atoms with Crippen LogP contribution in [0.4, 0.5) is 11.5 Å². The van der Waals surface area contributed by atoms with Crippen LogP contribution in [0.1, 0.15) is 37.8 Å². The van der Waals surface area contributed by atoms with Crippen molar-refractivity contribution in [1.82, 2.24) is 9.88 Å². The molecule has 0 spiro atoms. The Balaban J connectivity index is 1.71. The van der Waals surface area contributed by atoms with E-state index in [9.17, 15) is 0 Å². The van der Waals surface area contributed by atoms with Crippen molar-refractivity contribution in [3.8, 4) is 6.07 Å². The lowest BCUT2D eigenvalue weighted by Crippen LogP contribution is -2.52. The smallest absolute Gasteiger partial charge is 0.165 e. The second kappa shape index (κ2) is 5.29. The van der Waals surface area contributed by atoms with Gasteiger partial charge >= 0.3 is 0 Å². The molecule has 2 aliphatic rings. The monoisotopic (exact) mass is 271 g/mol. The molecule has 0 saturated carbocycles. The number of fused-ring (bicyclic) bond motifs is 2. The van der Waals surface area contributed by atoms with E-state index in [-0.39, 0.29) is 0 Å². The molecule has 106 valence electrons. The van der Waals surface area contributed by atoms with Gasteiger partial charge in [-0.1, -0.05) is 6.42 Å². The number of rotatable bonds is 2. The lowest BCUT2D eigenvalue weighted by Gasteiger charge is -2.47. The molecule has 0 amide bonds. The van der Waals surface area contributed by atoms with E-state index in [1.54, 1.807) is 6.07 Å². The summed E-state index contributed by atoms with van der Waals surface area (Å²) in [6.07, 6.45) is 6.25. The van der Waals surface area contributed by atoms with Crippen molar-refractivity contribution in [2.24, 2.45) is 0 Å². The van der Waals surface area contributed by atoms with Crippen molar-refractivity contribution in [1.29, 1.82) is 5.26 Å². The number of nitrogen functional groups attached to an aromatic ring is 1. The van der Waals surface area contributed by atoms with Crippen LogP contribution in [0.3, 0.4) is 0 Å². The van der Waals surface area contributed by atoms with Crippen molar-refractivity contribution in [2.45, 2.75) is 50.2 Å². The molecule has 3 heterocycles. The lowest BCUT2D eigenvalue weighted by atomic mass is 9.82. The third-order valence-electron chi connectivity index (χ3n) is 4.72. The molecule has 3 rings (SSSR count). The van der Waals surface area contributed by atoms with Crippen molar-refractivity contribution in [3.05, 3.63) is 17.8 Å². The Bertz CT molecular complexity index is 522. The van der Waals surface area contributed by atoms with Gasteiger partial charge in [-0.2, -0.15) is 5.26 Å². The Morgan fingerprint density at radius 3 is 2.70 bits per heavy atom. The minimum Gasteiger partial charge on any atom is -0.396 e. The highest BCUT2D eigenvalue weighted by Gasteiger charge is 2.35. The molecule has 0 radical (unpaired) electrons. The maximum absolute atomic E-state index is 8.99. The molecular formula is C15H21N5. The number of hydrogen-bond acceptors (Lipinski definition) is 5. The fourth-order valence-electron chi connectivity index (χ4n) is 3.58. The standard InChI is InChI=1S/C15H21N5/c1-20-11-3-2-4-12(20)8-10(7-11)18-15-6-5-13(17)14(9-16)19-15/h5-6,10-12H,2-4,7-8,17H2,1H3,(H,18,19). The third-order valence-corrected chi connectivity index (χ3v) is 4.72. The predicted molar refractivity (Wildman–Crippen MR) is 79.2 cm³/mol. The predicted octanol–water partition coefficient (Wildman–Crippen LogP) is 1.96. The van der Waals surface area contributed by atoms with Gasteiger partial charge in [0.15, 0.2) is 5.69 Å². The van der Waals surface area contributed by atoms with Gasteiger partial charge in [0.25, 0.3) is 0 Å². The summed E-state index contributed by atoms with van der Waals surface area (Å²) in [6, 6.07) is 7.47. The highest BCUT2D eigenvalue weighted by Crippen LogP contribution is 2.33. The van der Waals surface area contributed by atoms with Gasteiger partial charge in [0.2, 0.25) is 0 Å². The van der Waals surface area contributed by atoms with E-state index in [0.29, 0.717) is 29.5 Å². The van der Waals surface area contributed by atoms with E-state index in [1.807, 2.05) is 12.1 Å². The molecule has 1 aromatic rings. The largest absolute Gasteiger partial charge is 0.396 e. The van der Waals surface area contributed by atoms with Gasteiger partial charge in [-0.15, -0.1) is 0 Å². The fourth-order valence-corrected chi connectivity index (χ4v) is 3.58. The number of nitriles is 1. The van der Waals surface area contributed by atoms with Gasteiger partial charge in [-0.25, -0.2) is 4.98 Å². The quantitative estimate of drug-likeness (QED) is 0.859. The van der Waals surface area contributed by atoms with Crippen molar-refractivity contribution >= 4 is 11.5 Å². The number of nitrogens with zero attached hydrogens (tertiary/aromatic N) is 3. The van der Waals surface area contributed by atoms with Gasteiger partial charge < -0.3 is 16.0 Å². The van der Waals surface area contributed by atoms with Crippen LogP contribution in [0.15, 0.2) is 12.1 Å². The first kappa shape index (κ1) is 13.2. The number of anilines is 2. The van der Waals surface area contributed by atoms with E-state index in [1.165, 1.54) is 19.3 Å². The molecule has 2 unspecified atom stereocenters. The van der Waals surface area contributed by atoms with Gasteiger partial charge in [0.1, 0.15) is 11.9 Å². The number of aromatic nitrogens is 1. The van der Waals surface area contributed by atoms with Crippen molar-refractivity contribution in [3.63, 3.8) is 0 Å². The molecule has 20 heavy (non-hydrogen) atoms. The normalized spacial score (nSPS) is 29.7. The van der Waals surface area contributed by atoms with Crippen molar-refractivity contribution in [2.75, 3.05) is 18.1 Å². The van der Waals surface area contributed by atoms with Gasteiger partial charge in [-0.05, 0) is 44.9 Å². The van der Waals surface area contributed by atoms with Crippen LogP contribution in [0.5, 0.6) is 0 Å². The zero-order valence-corrected chi connectivity index (χ0v) is 11.8. The average Bonchev–Trinajstić information content (AvgIpc) is 2.42. The molecular weight excluding hydrogens is 250 g/mol.